The molecule has 1 amide bonds. The van der Waals surface area contributed by atoms with Crippen LogP contribution in [0.4, 0.5) is 17.1 Å². The number of benzene rings is 2. The van der Waals surface area contributed by atoms with Crippen LogP contribution in [0, 0.1) is 18.3 Å². The quantitative estimate of drug-likeness (QED) is 0.176. The Balaban J connectivity index is 1.38. The van der Waals surface area contributed by atoms with Gasteiger partial charge < -0.3 is 24.8 Å². The molecule has 9 nitrogen and oxygen atoms in total. The average molecular weight is 612 g/mol. The molecular formula is C34H34ClN5O4. The van der Waals surface area contributed by atoms with Crippen molar-refractivity contribution in [1.29, 1.82) is 5.26 Å². The van der Waals surface area contributed by atoms with E-state index in [1.807, 2.05) is 25.3 Å². The van der Waals surface area contributed by atoms with Gasteiger partial charge in [0.2, 0.25) is 5.91 Å². The van der Waals surface area contributed by atoms with Crippen molar-refractivity contribution < 1.29 is 19.0 Å². The zero-order valence-electron chi connectivity index (χ0n) is 24.9. The lowest BCUT2D eigenvalue weighted by molar-refractivity contribution is -0.111. The van der Waals surface area contributed by atoms with Crippen molar-refractivity contribution in [1.82, 2.24) is 9.97 Å². The van der Waals surface area contributed by atoms with Gasteiger partial charge in [-0.1, -0.05) is 23.7 Å². The van der Waals surface area contributed by atoms with Gasteiger partial charge in [-0.2, -0.15) is 5.26 Å². The third kappa shape index (κ3) is 7.10. The van der Waals surface area contributed by atoms with Crippen LogP contribution in [0.2, 0.25) is 5.02 Å². The summed E-state index contributed by atoms with van der Waals surface area (Å²) in [5.41, 5.74) is 5.24. The predicted molar refractivity (Wildman–Crippen MR) is 172 cm³/mol. The van der Waals surface area contributed by atoms with Crippen molar-refractivity contribution in [3.05, 3.63) is 88.4 Å². The topological polar surface area (TPSA) is 118 Å². The van der Waals surface area contributed by atoms with Crippen LogP contribution in [-0.2, 0) is 16.1 Å². The van der Waals surface area contributed by atoms with E-state index in [0.717, 1.165) is 37.3 Å². The van der Waals surface area contributed by atoms with E-state index in [4.69, 9.17) is 25.8 Å². The van der Waals surface area contributed by atoms with Gasteiger partial charge >= 0.3 is 0 Å². The highest BCUT2D eigenvalue weighted by atomic mass is 35.5. The number of pyridine rings is 2. The van der Waals surface area contributed by atoms with Crippen LogP contribution < -0.4 is 20.1 Å². The molecule has 2 aromatic heterocycles. The van der Waals surface area contributed by atoms with Gasteiger partial charge in [-0.05, 0) is 70.0 Å². The molecule has 0 aliphatic carbocycles. The van der Waals surface area contributed by atoms with E-state index in [-0.39, 0.29) is 5.91 Å². The highest BCUT2D eigenvalue weighted by molar-refractivity contribution is 6.32. The zero-order valence-corrected chi connectivity index (χ0v) is 25.7. The number of ether oxygens (including phenoxy) is 3. The van der Waals surface area contributed by atoms with E-state index in [9.17, 15) is 10.1 Å². The third-order valence-electron chi connectivity index (χ3n) is 7.34. The number of hydrogen-bond donors (Lipinski definition) is 2. The first kappa shape index (κ1) is 30.8. The summed E-state index contributed by atoms with van der Waals surface area (Å²) in [6.45, 7) is 7.69. The number of carbonyl (C=O) groups is 1. The number of amides is 1. The summed E-state index contributed by atoms with van der Waals surface area (Å²) in [5, 5.41) is 17.3. The molecule has 4 aromatic rings. The van der Waals surface area contributed by atoms with Gasteiger partial charge in [-0.25, -0.2) is 0 Å². The van der Waals surface area contributed by atoms with Crippen LogP contribution in [0.3, 0.4) is 0 Å². The van der Waals surface area contributed by atoms with Gasteiger partial charge in [0, 0.05) is 53.7 Å². The van der Waals surface area contributed by atoms with E-state index >= 15 is 0 Å². The average Bonchev–Trinajstić information content (AvgIpc) is 3.02. The number of fused-ring (bicyclic) bond motifs is 1. The molecule has 226 valence electrons. The molecule has 1 saturated heterocycles. The Hall–Kier alpha value is -4.65. The largest absolute Gasteiger partial charge is 0.492 e. The summed E-state index contributed by atoms with van der Waals surface area (Å²) in [4.78, 5) is 21.7. The minimum absolute atomic E-state index is 0.295. The maximum absolute atomic E-state index is 12.4. The van der Waals surface area contributed by atoms with Crippen LogP contribution in [0.1, 0.15) is 55.1 Å². The van der Waals surface area contributed by atoms with Crippen molar-refractivity contribution in [2.75, 3.05) is 30.5 Å². The van der Waals surface area contributed by atoms with Gasteiger partial charge in [0.05, 0.1) is 39.8 Å². The van der Waals surface area contributed by atoms with E-state index in [2.05, 4.69) is 32.7 Å². The second kappa shape index (κ2) is 14.2. The number of anilines is 3. The van der Waals surface area contributed by atoms with Crippen molar-refractivity contribution in [2.45, 2.75) is 46.1 Å². The number of carbonyl (C=O) groups excluding carboxylic acids is 1. The molecule has 44 heavy (non-hydrogen) atoms. The highest BCUT2D eigenvalue weighted by Crippen LogP contribution is 2.38. The van der Waals surface area contributed by atoms with Gasteiger partial charge in [0.15, 0.2) is 0 Å². The number of allylic oxidation sites excluding steroid dienone is 1. The first-order valence-corrected chi connectivity index (χ1v) is 14.9. The fraction of sp³-hybridized carbons (Fsp3) is 0.294. The fourth-order valence-electron chi connectivity index (χ4n) is 5.14. The molecule has 1 aliphatic rings. The summed E-state index contributed by atoms with van der Waals surface area (Å²) in [7, 11) is 0. The van der Waals surface area contributed by atoms with Crippen molar-refractivity contribution in [3.63, 3.8) is 0 Å². The summed E-state index contributed by atoms with van der Waals surface area (Å²) in [5.74, 6) is 1.15. The minimum Gasteiger partial charge on any atom is -0.492 e. The molecule has 3 heterocycles. The second-order valence-corrected chi connectivity index (χ2v) is 10.8. The van der Waals surface area contributed by atoms with Crippen LogP contribution in [0.25, 0.3) is 10.9 Å². The summed E-state index contributed by atoms with van der Waals surface area (Å²) < 4.78 is 17.3. The zero-order chi connectivity index (χ0) is 31.1. The minimum atomic E-state index is -0.295. The molecule has 1 fully saturated rings. The number of aryl methyl sites for hydroxylation is 1. The Bertz CT molecular complexity index is 1730. The molecule has 0 radical (unpaired) electrons. The monoisotopic (exact) mass is 611 g/mol. The van der Waals surface area contributed by atoms with Gasteiger partial charge in [0.25, 0.3) is 0 Å². The molecule has 0 saturated carbocycles. The smallest absolute Gasteiger partial charge is 0.248 e. The molecule has 0 unspecified atom stereocenters. The Morgan fingerprint density at radius 1 is 1.16 bits per heavy atom. The number of hydrogen-bond acceptors (Lipinski definition) is 8. The molecule has 0 spiro atoms. The van der Waals surface area contributed by atoms with Gasteiger partial charge in [-0.15, -0.1) is 0 Å². The molecular weight excluding hydrogens is 578 g/mol. The molecule has 2 N–H and O–H groups in total. The normalized spacial score (nSPS) is 13.5. The Morgan fingerprint density at radius 2 is 1.98 bits per heavy atom. The Kier molecular flexibility index (Phi) is 9.95. The lowest BCUT2D eigenvalue weighted by Crippen LogP contribution is -2.15. The lowest BCUT2D eigenvalue weighted by atomic mass is 9.96. The highest BCUT2D eigenvalue weighted by Gasteiger charge is 2.19. The number of rotatable bonds is 10. The van der Waals surface area contributed by atoms with Gasteiger partial charge in [0.1, 0.15) is 24.2 Å². The fourth-order valence-corrected chi connectivity index (χ4v) is 5.37. The van der Waals surface area contributed by atoms with E-state index in [1.54, 1.807) is 44.2 Å². The first-order valence-electron chi connectivity index (χ1n) is 14.6. The molecule has 0 atom stereocenters. The number of nitrogens with one attached hydrogen (secondary N) is 2. The molecule has 1 aliphatic heterocycles. The van der Waals surface area contributed by atoms with Crippen molar-refractivity contribution >= 4 is 45.5 Å². The molecule has 10 heteroatoms. The molecule has 0 bridgehead atoms. The van der Waals surface area contributed by atoms with E-state index in [0.29, 0.717) is 74.9 Å². The van der Waals surface area contributed by atoms with Crippen molar-refractivity contribution in [2.24, 2.45) is 0 Å². The van der Waals surface area contributed by atoms with Gasteiger partial charge in [-0.3, -0.25) is 14.8 Å². The SMILES string of the molecule is C/C=C/C(=O)Nc1cc2c(Nc3ccc(OCc4ccc(C5CCOCC5)nc4)c(Cl)c3)c(C#N)c(C)nc2cc1OCC. The maximum atomic E-state index is 12.4. The van der Waals surface area contributed by atoms with Crippen molar-refractivity contribution in [3.8, 4) is 17.6 Å². The first-order chi connectivity index (χ1) is 21.4. The molecule has 2 aromatic carbocycles. The van der Waals surface area contributed by atoms with Crippen LogP contribution >= 0.6 is 11.6 Å². The molecule has 5 rings (SSSR count). The maximum Gasteiger partial charge on any atom is 0.248 e. The van der Waals surface area contributed by atoms with E-state index in [1.165, 1.54) is 6.08 Å². The van der Waals surface area contributed by atoms with E-state index < -0.39 is 0 Å². The number of aromatic nitrogens is 2. The summed E-state index contributed by atoms with van der Waals surface area (Å²) >= 11 is 6.64. The second-order valence-electron chi connectivity index (χ2n) is 10.4. The summed E-state index contributed by atoms with van der Waals surface area (Å²) in [6, 6.07) is 15.2. The number of nitriles is 1. The predicted octanol–water partition coefficient (Wildman–Crippen LogP) is 7.59. The number of nitrogens with zero attached hydrogens (tertiary/aromatic N) is 3. The standard InChI is InChI=1S/C34H34ClN5O4/c1-4-6-33(41)40-30-16-25-29(17-32(30)43-5-2)38-21(3)26(18-36)34(25)39-24-8-10-31(27(35)15-24)44-20-22-7-9-28(37-19-22)23-11-13-42-14-12-23/h4,6-10,15-17,19,23H,5,11-14,20H2,1-3H3,(H,38,39)(H,40,41)/b6-4+. The summed E-state index contributed by atoms with van der Waals surface area (Å²) in [6.07, 6.45) is 6.91. The Morgan fingerprint density at radius 3 is 2.66 bits per heavy atom. The third-order valence-corrected chi connectivity index (χ3v) is 7.63. The number of halogens is 1. The van der Waals surface area contributed by atoms with Crippen LogP contribution in [0.5, 0.6) is 11.5 Å². The Labute approximate surface area is 261 Å². The van der Waals surface area contributed by atoms with Crippen LogP contribution in [0.15, 0.2) is 60.8 Å². The van der Waals surface area contributed by atoms with Crippen LogP contribution in [-0.4, -0.2) is 35.7 Å². The lowest BCUT2D eigenvalue weighted by Gasteiger charge is -2.21.